The SMILES string of the molecule is CCCN(CCC)c1ccc(/C=C/C=O)cc1. The molecule has 1 rings (SSSR count). The molecule has 2 heteroatoms. The van der Waals surface area contributed by atoms with Gasteiger partial charge in [-0.25, -0.2) is 0 Å². The Morgan fingerprint density at radius 1 is 1.06 bits per heavy atom. The third kappa shape index (κ3) is 4.43. The van der Waals surface area contributed by atoms with Crippen molar-refractivity contribution in [2.75, 3.05) is 18.0 Å². The highest BCUT2D eigenvalue weighted by Crippen LogP contribution is 2.16. The average molecular weight is 231 g/mol. The minimum Gasteiger partial charge on any atom is -0.372 e. The molecule has 0 N–H and O–H groups in total. The van der Waals surface area contributed by atoms with E-state index < -0.39 is 0 Å². The molecular weight excluding hydrogens is 210 g/mol. The van der Waals surface area contributed by atoms with Crippen LogP contribution in [0, 0.1) is 0 Å². The van der Waals surface area contributed by atoms with E-state index in [4.69, 9.17) is 0 Å². The maximum absolute atomic E-state index is 10.2. The predicted molar refractivity (Wildman–Crippen MR) is 74.3 cm³/mol. The molecule has 0 saturated carbocycles. The summed E-state index contributed by atoms with van der Waals surface area (Å²) in [4.78, 5) is 12.6. The average Bonchev–Trinajstić information content (AvgIpc) is 2.37. The highest BCUT2D eigenvalue weighted by Gasteiger charge is 2.03. The third-order valence-electron chi connectivity index (χ3n) is 2.61. The van der Waals surface area contributed by atoms with Crippen molar-refractivity contribution in [1.82, 2.24) is 0 Å². The first kappa shape index (κ1) is 13.5. The Kier molecular flexibility index (Phi) is 6.08. The van der Waals surface area contributed by atoms with Crippen LogP contribution >= 0.6 is 0 Å². The maximum atomic E-state index is 10.2. The van der Waals surface area contributed by atoms with Crippen molar-refractivity contribution >= 4 is 18.0 Å². The molecular formula is C15H21NO. The fourth-order valence-electron chi connectivity index (χ4n) is 1.86. The standard InChI is InChI=1S/C15H21NO/c1-3-11-16(12-4-2)15-9-7-14(8-10-15)6-5-13-17/h5-10,13H,3-4,11-12H2,1-2H3/b6-5+. The molecule has 2 nitrogen and oxygen atoms in total. The zero-order valence-corrected chi connectivity index (χ0v) is 10.7. The first-order valence-corrected chi connectivity index (χ1v) is 6.28. The van der Waals surface area contributed by atoms with Crippen LogP contribution in [0.15, 0.2) is 30.3 Å². The van der Waals surface area contributed by atoms with Crippen molar-refractivity contribution < 1.29 is 4.79 Å². The van der Waals surface area contributed by atoms with Crippen LogP contribution < -0.4 is 4.90 Å². The van der Waals surface area contributed by atoms with Crippen LogP contribution in [0.4, 0.5) is 5.69 Å². The summed E-state index contributed by atoms with van der Waals surface area (Å²) < 4.78 is 0. The normalized spacial score (nSPS) is 10.7. The molecule has 0 aliphatic heterocycles. The molecule has 1 aromatic rings. The number of hydrogen-bond donors (Lipinski definition) is 0. The van der Waals surface area contributed by atoms with E-state index in [2.05, 4.69) is 30.9 Å². The van der Waals surface area contributed by atoms with Crippen LogP contribution in [0.5, 0.6) is 0 Å². The molecule has 0 amide bonds. The summed E-state index contributed by atoms with van der Waals surface area (Å²) in [5, 5.41) is 0. The fourth-order valence-corrected chi connectivity index (χ4v) is 1.86. The van der Waals surface area contributed by atoms with Gasteiger partial charge in [0.1, 0.15) is 6.29 Å². The highest BCUT2D eigenvalue weighted by atomic mass is 16.1. The Morgan fingerprint density at radius 2 is 1.65 bits per heavy atom. The van der Waals surface area contributed by atoms with Gasteiger partial charge in [-0.1, -0.05) is 32.1 Å². The first-order chi connectivity index (χ1) is 8.31. The van der Waals surface area contributed by atoms with Crippen LogP contribution in [0.2, 0.25) is 0 Å². The second kappa shape index (κ2) is 7.66. The lowest BCUT2D eigenvalue weighted by Gasteiger charge is -2.23. The minimum atomic E-state index is 0.800. The monoisotopic (exact) mass is 231 g/mol. The van der Waals surface area contributed by atoms with Crippen LogP contribution in [0.3, 0.4) is 0 Å². The molecule has 1 aromatic carbocycles. The molecule has 0 radical (unpaired) electrons. The van der Waals surface area contributed by atoms with Gasteiger partial charge in [-0.05, 0) is 36.6 Å². The summed E-state index contributed by atoms with van der Waals surface area (Å²) in [6.07, 6.45) is 6.46. The number of aldehydes is 1. The summed E-state index contributed by atoms with van der Waals surface area (Å²) in [5.41, 5.74) is 2.32. The summed E-state index contributed by atoms with van der Waals surface area (Å²) in [7, 11) is 0. The summed E-state index contributed by atoms with van der Waals surface area (Å²) >= 11 is 0. The molecule has 0 spiro atoms. The van der Waals surface area contributed by atoms with Crippen molar-refractivity contribution in [3.63, 3.8) is 0 Å². The molecule has 0 bridgehead atoms. The molecule has 0 aliphatic carbocycles. The molecule has 0 fully saturated rings. The quantitative estimate of drug-likeness (QED) is 0.528. The maximum Gasteiger partial charge on any atom is 0.142 e. The first-order valence-electron chi connectivity index (χ1n) is 6.28. The number of hydrogen-bond acceptors (Lipinski definition) is 2. The number of anilines is 1. The van der Waals surface area contributed by atoms with E-state index in [1.54, 1.807) is 0 Å². The number of carbonyl (C=O) groups excluding carboxylic acids is 1. The number of nitrogens with zero attached hydrogens (tertiary/aromatic N) is 1. The van der Waals surface area contributed by atoms with Crippen LogP contribution in [0.25, 0.3) is 6.08 Å². The fraction of sp³-hybridized carbons (Fsp3) is 0.400. The van der Waals surface area contributed by atoms with Crippen molar-refractivity contribution in [3.05, 3.63) is 35.9 Å². The van der Waals surface area contributed by atoms with E-state index in [9.17, 15) is 4.79 Å². The van der Waals surface area contributed by atoms with E-state index in [1.807, 2.05) is 18.2 Å². The second-order valence-corrected chi connectivity index (χ2v) is 4.07. The van der Waals surface area contributed by atoms with E-state index in [-0.39, 0.29) is 0 Å². The van der Waals surface area contributed by atoms with Gasteiger partial charge in [-0.3, -0.25) is 4.79 Å². The van der Waals surface area contributed by atoms with Gasteiger partial charge in [0.15, 0.2) is 0 Å². The molecule has 0 aliphatic rings. The zero-order valence-electron chi connectivity index (χ0n) is 10.7. The Hall–Kier alpha value is -1.57. The van der Waals surface area contributed by atoms with Gasteiger partial charge >= 0.3 is 0 Å². The smallest absolute Gasteiger partial charge is 0.142 e. The predicted octanol–water partition coefficient (Wildman–Crippen LogP) is 3.53. The molecule has 0 aromatic heterocycles. The number of carbonyl (C=O) groups is 1. The molecule has 0 heterocycles. The van der Waals surface area contributed by atoms with Crippen LogP contribution in [0.1, 0.15) is 32.3 Å². The Labute approximate surface area is 104 Å². The molecule has 0 unspecified atom stereocenters. The Morgan fingerprint density at radius 3 is 2.12 bits per heavy atom. The van der Waals surface area contributed by atoms with E-state index >= 15 is 0 Å². The van der Waals surface area contributed by atoms with Crippen molar-refractivity contribution in [2.24, 2.45) is 0 Å². The van der Waals surface area contributed by atoms with Gasteiger partial charge in [-0.15, -0.1) is 0 Å². The van der Waals surface area contributed by atoms with Crippen LogP contribution in [-0.2, 0) is 4.79 Å². The topological polar surface area (TPSA) is 20.3 Å². The lowest BCUT2D eigenvalue weighted by molar-refractivity contribution is -0.104. The summed E-state index contributed by atoms with van der Waals surface area (Å²) in [6, 6.07) is 8.34. The van der Waals surface area contributed by atoms with E-state index in [1.165, 1.54) is 11.8 Å². The Bertz CT molecular complexity index is 348. The molecule has 0 saturated heterocycles. The molecule has 17 heavy (non-hydrogen) atoms. The summed E-state index contributed by atoms with van der Waals surface area (Å²) in [6.45, 7) is 6.59. The second-order valence-electron chi connectivity index (χ2n) is 4.07. The largest absolute Gasteiger partial charge is 0.372 e. The van der Waals surface area contributed by atoms with Gasteiger partial charge in [0.2, 0.25) is 0 Å². The lowest BCUT2D eigenvalue weighted by Crippen LogP contribution is -2.24. The number of benzene rings is 1. The number of rotatable bonds is 7. The van der Waals surface area contributed by atoms with E-state index in [0.717, 1.165) is 37.8 Å². The highest BCUT2D eigenvalue weighted by molar-refractivity contribution is 5.74. The van der Waals surface area contributed by atoms with Gasteiger partial charge in [-0.2, -0.15) is 0 Å². The zero-order chi connectivity index (χ0) is 12.5. The lowest BCUT2D eigenvalue weighted by atomic mass is 10.1. The van der Waals surface area contributed by atoms with Crippen molar-refractivity contribution in [1.29, 1.82) is 0 Å². The Balaban J connectivity index is 2.76. The van der Waals surface area contributed by atoms with Gasteiger partial charge < -0.3 is 4.90 Å². The third-order valence-corrected chi connectivity index (χ3v) is 2.61. The minimum absolute atomic E-state index is 0.800. The van der Waals surface area contributed by atoms with Gasteiger partial charge in [0, 0.05) is 18.8 Å². The van der Waals surface area contributed by atoms with Crippen molar-refractivity contribution in [2.45, 2.75) is 26.7 Å². The summed E-state index contributed by atoms with van der Waals surface area (Å²) in [5.74, 6) is 0. The van der Waals surface area contributed by atoms with E-state index in [0.29, 0.717) is 0 Å². The number of allylic oxidation sites excluding steroid dienone is 1. The molecule has 0 atom stereocenters. The van der Waals surface area contributed by atoms with Crippen LogP contribution in [-0.4, -0.2) is 19.4 Å². The molecule has 92 valence electrons. The van der Waals surface area contributed by atoms with Gasteiger partial charge in [0.05, 0.1) is 0 Å². The van der Waals surface area contributed by atoms with Gasteiger partial charge in [0.25, 0.3) is 0 Å². The van der Waals surface area contributed by atoms with Crippen molar-refractivity contribution in [3.8, 4) is 0 Å².